The van der Waals surface area contributed by atoms with Crippen LogP contribution >= 0.6 is 24.4 Å². The molecule has 0 saturated carbocycles. The zero-order valence-electron chi connectivity index (χ0n) is 7.32. The fourth-order valence-electron chi connectivity index (χ4n) is 0.733. The molecule has 76 valence electrons. The van der Waals surface area contributed by atoms with Crippen LogP contribution in [0.1, 0.15) is 6.42 Å². The molecule has 0 spiro atoms. The number of amides is 1. The van der Waals surface area contributed by atoms with Crippen molar-refractivity contribution >= 4 is 36.3 Å². The van der Waals surface area contributed by atoms with E-state index in [0.29, 0.717) is 12.2 Å². The average molecular weight is 223 g/mol. The highest BCUT2D eigenvalue weighted by molar-refractivity contribution is 7.98. The number of carbonyl (C=O) groups is 2. The molecule has 0 bridgehead atoms. The maximum absolute atomic E-state index is 10.8. The second kappa shape index (κ2) is 7.08. The number of carboxylic acid groups (broad SMARTS) is 1. The normalized spacial score (nSPS) is 12.2. The number of nitrogens with one attached hydrogen (secondary N) is 1. The van der Waals surface area contributed by atoms with Gasteiger partial charge in [-0.1, -0.05) is 0 Å². The molecular weight excluding hydrogens is 210 g/mol. The second-order valence-corrected chi connectivity index (χ2v) is 3.70. The molecule has 0 radical (unpaired) electrons. The van der Waals surface area contributed by atoms with Crippen LogP contribution in [0.2, 0.25) is 0 Å². The van der Waals surface area contributed by atoms with Crippen LogP contribution < -0.4 is 5.32 Å². The second-order valence-electron chi connectivity index (χ2n) is 2.40. The molecule has 0 unspecified atom stereocenters. The summed E-state index contributed by atoms with van der Waals surface area (Å²) in [5, 5.41) is 11.1. The van der Waals surface area contributed by atoms with Gasteiger partial charge in [-0.25, -0.2) is 4.79 Å². The van der Waals surface area contributed by atoms with Crippen LogP contribution in [0.3, 0.4) is 0 Å². The number of rotatable bonds is 6. The number of hydrogen-bond donors (Lipinski definition) is 3. The highest BCUT2D eigenvalue weighted by Gasteiger charge is 2.18. The molecule has 13 heavy (non-hydrogen) atoms. The van der Waals surface area contributed by atoms with Crippen LogP contribution in [0.4, 0.5) is 0 Å². The van der Waals surface area contributed by atoms with Gasteiger partial charge in [-0.2, -0.15) is 24.4 Å². The van der Waals surface area contributed by atoms with Crippen LogP contribution in [0.15, 0.2) is 0 Å². The van der Waals surface area contributed by atoms with E-state index in [1.54, 1.807) is 11.8 Å². The molecule has 0 aliphatic heterocycles. The predicted octanol–water partition coefficient (Wildman–Crippen LogP) is 0.239. The van der Waals surface area contributed by atoms with Gasteiger partial charge in [0.15, 0.2) is 0 Å². The first-order chi connectivity index (χ1) is 6.11. The maximum atomic E-state index is 10.8. The molecule has 0 aromatic carbocycles. The lowest BCUT2D eigenvalue weighted by molar-refractivity contribution is -0.141. The summed E-state index contributed by atoms with van der Waals surface area (Å²) in [6.07, 6.45) is 2.33. The number of thioether (sulfide) groups is 1. The molecular formula is C7H13NO3S2. The van der Waals surface area contributed by atoms with Crippen molar-refractivity contribution < 1.29 is 14.7 Å². The Labute approximate surface area is 86.9 Å². The van der Waals surface area contributed by atoms with Crippen LogP contribution in [0, 0.1) is 0 Å². The highest BCUT2D eigenvalue weighted by atomic mass is 32.2. The summed E-state index contributed by atoms with van der Waals surface area (Å²) in [5.41, 5.74) is 0. The number of carboxylic acids is 1. The predicted molar refractivity (Wildman–Crippen MR) is 56.4 cm³/mol. The van der Waals surface area contributed by atoms with Crippen molar-refractivity contribution in [3.8, 4) is 0 Å². The first kappa shape index (κ1) is 12.6. The van der Waals surface area contributed by atoms with Gasteiger partial charge in [0.2, 0.25) is 5.91 Å². The molecule has 4 nitrogen and oxygen atoms in total. The lowest BCUT2D eigenvalue weighted by Crippen LogP contribution is -2.41. The summed E-state index contributed by atoms with van der Waals surface area (Å²) < 4.78 is 0. The minimum atomic E-state index is -0.996. The number of aliphatic carboxylic acids is 1. The van der Waals surface area contributed by atoms with Crippen molar-refractivity contribution in [3.63, 3.8) is 0 Å². The summed E-state index contributed by atoms with van der Waals surface area (Å²) >= 11 is 5.29. The van der Waals surface area contributed by atoms with Crippen LogP contribution in [-0.2, 0) is 9.59 Å². The first-order valence-corrected chi connectivity index (χ1v) is 5.76. The van der Waals surface area contributed by atoms with Crippen molar-refractivity contribution in [1.29, 1.82) is 0 Å². The Morgan fingerprint density at radius 3 is 2.62 bits per heavy atom. The zero-order chi connectivity index (χ0) is 10.3. The molecule has 0 saturated heterocycles. The van der Waals surface area contributed by atoms with Crippen molar-refractivity contribution in [2.75, 3.05) is 17.8 Å². The molecule has 0 rings (SSSR count). The summed E-state index contributed by atoms with van der Waals surface area (Å²) in [4.78, 5) is 21.4. The Bertz CT molecular complexity index is 187. The van der Waals surface area contributed by atoms with Gasteiger partial charge >= 0.3 is 5.97 Å². The van der Waals surface area contributed by atoms with Gasteiger partial charge in [0, 0.05) is 0 Å². The molecule has 0 aliphatic carbocycles. The van der Waals surface area contributed by atoms with E-state index in [0.717, 1.165) is 0 Å². The van der Waals surface area contributed by atoms with Gasteiger partial charge in [0.1, 0.15) is 6.04 Å². The molecule has 0 heterocycles. The van der Waals surface area contributed by atoms with Crippen LogP contribution in [-0.4, -0.2) is 40.8 Å². The maximum Gasteiger partial charge on any atom is 0.326 e. The standard InChI is InChI=1S/C7H13NO3S2/c1-13-3-2-5(7(10)11)8-6(9)4-12/h5,12H,2-4H2,1H3,(H,8,9)(H,10,11)/t5-/m0/s1. The van der Waals surface area contributed by atoms with Gasteiger partial charge in [-0.3, -0.25) is 4.79 Å². The molecule has 2 N–H and O–H groups in total. The topological polar surface area (TPSA) is 66.4 Å². The Balaban J connectivity index is 3.94. The van der Waals surface area contributed by atoms with E-state index >= 15 is 0 Å². The van der Waals surface area contributed by atoms with Crippen molar-refractivity contribution in [2.45, 2.75) is 12.5 Å². The van der Waals surface area contributed by atoms with E-state index in [1.807, 2.05) is 6.26 Å². The van der Waals surface area contributed by atoms with Gasteiger partial charge in [0.05, 0.1) is 5.75 Å². The largest absolute Gasteiger partial charge is 0.480 e. The summed E-state index contributed by atoms with van der Waals surface area (Å²) in [6, 6.07) is -0.785. The third-order valence-corrected chi connectivity index (χ3v) is 2.32. The van der Waals surface area contributed by atoms with Crippen molar-refractivity contribution in [2.24, 2.45) is 0 Å². The molecule has 1 amide bonds. The number of carbonyl (C=O) groups excluding carboxylic acids is 1. The first-order valence-electron chi connectivity index (χ1n) is 3.73. The van der Waals surface area contributed by atoms with Gasteiger partial charge in [-0.05, 0) is 18.4 Å². The van der Waals surface area contributed by atoms with E-state index in [1.165, 1.54) is 0 Å². The average Bonchev–Trinajstić information content (AvgIpc) is 2.11. The Morgan fingerprint density at radius 2 is 2.23 bits per heavy atom. The Kier molecular flexibility index (Phi) is 6.89. The molecule has 1 atom stereocenters. The van der Waals surface area contributed by atoms with Crippen molar-refractivity contribution in [1.82, 2.24) is 5.32 Å². The summed E-state index contributed by atoms with van der Waals surface area (Å²) in [6.45, 7) is 0. The molecule has 0 aliphatic rings. The molecule has 0 fully saturated rings. The SMILES string of the molecule is CSCC[C@H](NC(=O)CS)C(=O)O. The Hall–Kier alpha value is -0.360. The lowest BCUT2D eigenvalue weighted by atomic mass is 10.2. The van der Waals surface area contributed by atoms with E-state index < -0.39 is 12.0 Å². The van der Waals surface area contributed by atoms with E-state index in [9.17, 15) is 9.59 Å². The summed E-state index contributed by atoms with van der Waals surface area (Å²) in [7, 11) is 0. The minimum Gasteiger partial charge on any atom is -0.480 e. The molecule has 0 aromatic rings. The number of thiol groups is 1. The van der Waals surface area contributed by atoms with Crippen LogP contribution in [0.25, 0.3) is 0 Å². The molecule has 0 aromatic heterocycles. The van der Waals surface area contributed by atoms with Gasteiger partial charge in [-0.15, -0.1) is 0 Å². The number of hydrogen-bond acceptors (Lipinski definition) is 4. The zero-order valence-corrected chi connectivity index (χ0v) is 9.03. The van der Waals surface area contributed by atoms with Crippen molar-refractivity contribution in [3.05, 3.63) is 0 Å². The quantitative estimate of drug-likeness (QED) is 0.564. The fraction of sp³-hybridized carbons (Fsp3) is 0.714. The fourth-order valence-corrected chi connectivity index (χ4v) is 1.30. The van der Waals surface area contributed by atoms with E-state index in [-0.39, 0.29) is 11.7 Å². The lowest BCUT2D eigenvalue weighted by Gasteiger charge is -2.12. The third-order valence-electron chi connectivity index (χ3n) is 1.39. The highest BCUT2D eigenvalue weighted by Crippen LogP contribution is 2.00. The summed E-state index contributed by atoms with van der Waals surface area (Å²) in [5.74, 6) is -0.617. The Morgan fingerprint density at radius 1 is 1.62 bits per heavy atom. The molecule has 6 heteroatoms. The van der Waals surface area contributed by atoms with Gasteiger partial charge < -0.3 is 10.4 Å². The van der Waals surface area contributed by atoms with Crippen LogP contribution in [0.5, 0.6) is 0 Å². The third kappa shape index (κ3) is 5.81. The smallest absolute Gasteiger partial charge is 0.326 e. The van der Waals surface area contributed by atoms with E-state index in [2.05, 4.69) is 17.9 Å². The van der Waals surface area contributed by atoms with E-state index in [4.69, 9.17) is 5.11 Å². The van der Waals surface area contributed by atoms with Gasteiger partial charge in [0.25, 0.3) is 0 Å². The minimum absolute atomic E-state index is 0.0169. The monoisotopic (exact) mass is 223 g/mol.